The third kappa shape index (κ3) is 3.40. The maximum Gasteiger partial charge on any atom is 0.233 e. The molecule has 0 aliphatic carbocycles. The van der Waals surface area contributed by atoms with Crippen LogP contribution in [0.5, 0.6) is 0 Å². The molecule has 1 heterocycles. The number of carbonyl (C=O) groups is 1. The molecule has 1 rings (SSSR count). The zero-order valence-electron chi connectivity index (χ0n) is 11.0. The summed E-state index contributed by atoms with van der Waals surface area (Å²) in [7, 11) is 1.62. The zero-order chi connectivity index (χ0) is 13.6. The van der Waals surface area contributed by atoms with E-state index in [1.807, 2.05) is 6.92 Å². The van der Waals surface area contributed by atoms with Gasteiger partial charge in [0.1, 0.15) is 5.41 Å². The SMILES string of the molecule is CCC(COC)NC(=O)C1(C(N)=S)CCOCC1. The van der Waals surface area contributed by atoms with Gasteiger partial charge >= 0.3 is 0 Å². The number of thiocarbonyl (C=S) groups is 1. The van der Waals surface area contributed by atoms with Crippen molar-refractivity contribution in [2.24, 2.45) is 11.1 Å². The fraction of sp³-hybridized carbons (Fsp3) is 0.833. The van der Waals surface area contributed by atoms with Crippen LogP contribution in [0, 0.1) is 5.41 Å². The Morgan fingerprint density at radius 2 is 2.17 bits per heavy atom. The highest BCUT2D eigenvalue weighted by Gasteiger charge is 2.43. The maximum absolute atomic E-state index is 12.4. The number of hydrogen-bond donors (Lipinski definition) is 2. The van der Waals surface area contributed by atoms with Crippen LogP contribution in [0.25, 0.3) is 0 Å². The lowest BCUT2D eigenvalue weighted by Crippen LogP contribution is -2.54. The van der Waals surface area contributed by atoms with Gasteiger partial charge in [-0.1, -0.05) is 19.1 Å². The second-order valence-corrected chi connectivity index (χ2v) is 5.03. The molecular formula is C12H22N2O3S. The first-order chi connectivity index (χ1) is 8.56. The first-order valence-corrected chi connectivity index (χ1v) is 6.65. The Labute approximate surface area is 113 Å². The smallest absolute Gasteiger partial charge is 0.233 e. The van der Waals surface area contributed by atoms with Gasteiger partial charge in [-0.3, -0.25) is 4.79 Å². The van der Waals surface area contributed by atoms with E-state index in [0.29, 0.717) is 32.7 Å². The summed E-state index contributed by atoms with van der Waals surface area (Å²) in [6.07, 6.45) is 1.92. The van der Waals surface area contributed by atoms with Crippen LogP contribution in [0.2, 0.25) is 0 Å². The number of nitrogens with one attached hydrogen (secondary N) is 1. The Kier molecular flexibility index (Phi) is 5.98. The lowest BCUT2D eigenvalue weighted by atomic mass is 9.79. The van der Waals surface area contributed by atoms with Gasteiger partial charge in [0.15, 0.2) is 0 Å². The number of nitrogens with two attached hydrogens (primary N) is 1. The molecule has 0 aromatic carbocycles. The van der Waals surface area contributed by atoms with E-state index in [-0.39, 0.29) is 16.9 Å². The van der Waals surface area contributed by atoms with E-state index in [1.165, 1.54) is 0 Å². The molecule has 0 bridgehead atoms. The van der Waals surface area contributed by atoms with Crippen molar-refractivity contribution < 1.29 is 14.3 Å². The summed E-state index contributed by atoms with van der Waals surface area (Å²) in [4.78, 5) is 12.7. The van der Waals surface area contributed by atoms with E-state index in [4.69, 9.17) is 27.4 Å². The summed E-state index contributed by atoms with van der Waals surface area (Å²) in [5.74, 6) is -0.0952. The van der Waals surface area contributed by atoms with E-state index < -0.39 is 5.41 Å². The number of hydrogen-bond acceptors (Lipinski definition) is 4. The molecule has 0 aromatic rings. The lowest BCUT2D eigenvalue weighted by Gasteiger charge is -2.35. The summed E-state index contributed by atoms with van der Waals surface area (Å²) < 4.78 is 10.4. The predicted octanol–water partition coefficient (Wildman–Crippen LogP) is 0.611. The highest BCUT2D eigenvalue weighted by molar-refractivity contribution is 7.80. The molecule has 0 aromatic heterocycles. The number of amides is 1. The highest BCUT2D eigenvalue weighted by atomic mass is 32.1. The summed E-state index contributed by atoms with van der Waals surface area (Å²) in [5.41, 5.74) is 5.02. The van der Waals surface area contributed by atoms with E-state index in [0.717, 1.165) is 6.42 Å². The minimum Gasteiger partial charge on any atom is -0.392 e. The van der Waals surface area contributed by atoms with Crippen molar-refractivity contribution >= 4 is 23.1 Å². The van der Waals surface area contributed by atoms with Crippen molar-refractivity contribution in [3.05, 3.63) is 0 Å². The molecule has 0 radical (unpaired) electrons. The van der Waals surface area contributed by atoms with Crippen LogP contribution in [0.15, 0.2) is 0 Å². The molecule has 1 unspecified atom stereocenters. The Bertz CT molecular complexity index is 304. The second kappa shape index (κ2) is 7.01. The summed E-state index contributed by atoms with van der Waals surface area (Å²) in [5, 5.41) is 2.97. The Morgan fingerprint density at radius 3 is 2.61 bits per heavy atom. The Balaban J connectivity index is 2.73. The van der Waals surface area contributed by atoms with Crippen LogP contribution in [0.4, 0.5) is 0 Å². The molecule has 3 N–H and O–H groups in total. The quantitative estimate of drug-likeness (QED) is 0.694. The van der Waals surface area contributed by atoms with Crippen LogP contribution >= 0.6 is 12.2 Å². The van der Waals surface area contributed by atoms with Crippen LogP contribution in [-0.2, 0) is 14.3 Å². The molecule has 5 nitrogen and oxygen atoms in total. The molecule has 104 valence electrons. The molecule has 1 atom stereocenters. The molecule has 6 heteroatoms. The van der Waals surface area contributed by atoms with Crippen LogP contribution in [0.1, 0.15) is 26.2 Å². The fourth-order valence-electron chi connectivity index (χ4n) is 2.09. The average Bonchev–Trinajstić information content (AvgIpc) is 2.38. The van der Waals surface area contributed by atoms with Gasteiger partial charge < -0.3 is 20.5 Å². The van der Waals surface area contributed by atoms with Crippen molar-refractivity contribution in [3.8, 4) is 0 Å². The lowest BCUT2D eigenvalue weighted by molar-refractivity contribution is -0.132. The van der Waals surface area contributed by atoms with Crippen molar-refractivity contribution in [1.82, 2.24) is 5.32 Å². The first kappa shape index (κ1) is 15.3. The van der Waals surface area contributed by atoms with E-state index in [1.54, 1.807) is 7.11 Å². The highest BCUT2D eigenvalue weighted by Crippen LogP contribution is 2.31. The number of carbonyl (C=O) groups excluding carboxylic acids is 1. The average molecular weight is 274 g/mol. The third-order valence-electron chi connectivity index (χ3n) is 3.45. The fourth-order valence-corrected chi connectivity index (χ4v) is 2.39. The number of ether oxygens (including phenoxy) is 2. The molecule has 1 saturated heterocycles. The number of methoxy groups -OCH3 is 1. The second-order valence-electron chi connectivity index (χ2n) is 4.59. The van der Waals surface area contributed by atoms with Gasteiger partial charge in [-0.25, -0.2) is 0 Å². The standard InChI is InChI=1S/C12H22N2O3S/c1-3-9(8-16-2)14-11(15)12(10(13)18)4-6-17-7-5-12/h9H,3-8H2,1-2H3,(H2,13,18)(H,14,15). The van der Waals surface area contributed by atoms with Gasteiger partial charge in [-0.15, -0.1) is 0 Å². The molecule has 1 amide bonds. The van der Waals surface area contributed by atoms with Crippen molar-refractivity contribution in [2.75, 3.05) is 26.9 Å². The van der Waals surface area contributed by atoms with Crippen molar-refractivity contribution in [3.63, 3.8) is 0 Å². The topological polar surface area (TPSA) is 73.6 Å². The Morgan fingerprint density at radius 1 is 1.56 bits per heavy atom. The molecule has 18 heavy (non-hydrogen) atoms. The maximum atomic E-state index is 12.4. The number of rotatable bonds is 6. The first-order valence-electron chi connectivity index (χ1n) is 6.24. The van der Waals surface area contributed by atoms with E-state index in [9.17, 15) is 4.79 Å². The van der Waals surface area contributed by atoms with Gasteiger partial charge in [0.25, 0.3) is 0 Å². The molecule has 0 saturated carbocycles. The largest absolute Gasteiger partial charge is 0.392 e. The normalized spacial score (nSPS) is 20.1. The van der Waals surface area contributed by atoms with E-state index in [2.05, 4.69) is 5.32 Å². The summed E-state index contributed by atoms with van der Waals surface area (Å²) >= 11 is 5.09. The summed E-state index contributed by atoms with van der Waals surface area (Å²) in [6.45, 7) is 3.53. The van der Waals surface area contributed by atoms with E-state index >= 15 is 0 Å². The van der Waals surface area contributed by atoms with Crippen molar-refractivity contribution in [1.29, 1.82) is 0 Å². The predicted molar refractivity (Wildman–Crippen MR) is 73.4 cm³/mol. The molecule has 0 spiro atoms. The molecule has 1 fully saturated rings. The van der Waals surface area contributed by atoms with Crippen LogP contribution < -0.4 is 11.1 Å². The monoisotopic (exact) mass is 274 g/mol. The minimum atomic E-state index is -0.755. The van der Waals surface area contributed by atoms with Gasteiger partial charge in [0, 0.05) is 20.3 Å². The third-order valence-corrected chi connectivity index (χ3v) is 3.84. The molecule has 1 aliphatic heterocycles. The van der Waals surface area contributed by atoms with Crippen molar-refractivity contribution in [2.45, 2.75) is 32.2 Å². The zero-order valence-corrected chi connectivity index (χ0v) is 11.8. The van der Waals surface area contributed by atoms with Crippen LogP contribution in [-0.4, -0.2) is 43.9 Å². The Hall–Kier alpha value is -0.720. The van der Waals surface area contributed by atoms with Crippen LogP contribution in [0.3, 0.4) is 0 Å². The summed E-state index contributed by atoms with van der Waals surface area (Å²) in [6, 6.07) is -0.00318. The van der Waals surface area contributed by atoms with Gasteiger partial charge in [0.2, 0.25) is 5.91 Å². The molecule has 1 aliphatic rings. The molecular weight excluding hydrogens is 252 g/mol. The van der Waals surface area contributed by atoms with Gasteiger partial charge in [-0.05, 0) is 19.3 Å². The minimum absolute atomic E-state index is 0.00318. The van der Waals surface area contributed by atoms with Gasteiger partial charge in [-0.2, -0.15) is 0 Å². The van der Waals surface area contributed by atoms with Gasteiger partial charge in [0.05, 0.1) is 17.6 Å².